The quantitative estimate of drug-likeness (QED) is 0.318. The zero-order chi connectivity index (χ0) is 24.6. The third-order valence-corrected chi connectivity index (χ3v) is 8.43. The predicted octanol–water partition coefficient (Wildman–Crippen LogP) is 7.12. The van der Waals surface area contributed by atoms with Crippen LogP contribution in [0.5, 0.6) is 0 Å². The van der Waals surface area contributed by atoms with Crippen LogP contribution in [0.4, 0.5) is 8.78 Å². The molecule has 0 radical (unpaired) electrons. The van der Waals surface area contributed by atoms with Gasteiger partial charge in [0.15, 0.2) is 9.84 Å². The van der Waals surface area contributed by atoms with Crippen LogP contribution in [0.25, 0.3) is 0 Å². The number of likely N-dealkylation sites (tertiary alicyclic amines) is 1. The molecule has 0 aromatic heterocycles. The van der Waals surface area contributed by atoms with Crippen LogP contribution in [-0.4, -0.2) is 32.7 Å². The molecule has 180 valence electrons. The molecule has 0 saturated carbocycles. The number of hydrogen-bond donors (Lipinski definition) is 0. The fraction of sp³-hybridized carbons (Fsp3) is 0.280. The standard InChI is InChI=1S/C25H22Cl3F2NO2S/c1-34(32,33)24(17-9-20(29)12-21(30)10-17)8-15-13-31(14-15)25(16-2-4-18(26)5-3-16)22-7-6-19(27)11-23(22)28/h2-7,9-12,15,24-25H,8,13-14H2,1H3/t24-,25?/m1/s1. The van der Waals surface area contributed by atoms with Gasteiger partial charge in [0.05, 0.1) is 11.3 Å². The van der Waals surface area contributed by atoms with Crippen molar-refractivity contribution in [3.8, 4) is 0 Å². The van der Waals surface area contributed by atoms with Gasteiger partial charge in [-0.25, -0.2) is 17.2 Å². The Balaban J connectivity index is 1.58. The molecule has 0 amide bonds. The van der Waals surface area contributed by atoms with E-state index in [2.05, 4.69) is 4.90 Å². The second-order valence-corrected chi connectivity index (χ2v) is 12.2. The summed E-state index contributed by atoms with van der Waals surface area (Å²) in [5.74, 6) is -1.56. The van der Waals surface area contributed by atoms with Crippen molar-refractivity contribution in [1.82, 2.24) is 4.90 Å². The largest absolute Gasteiger partial charge is 0.292 e. The van der Waals surface area contributed by atoms with Crippen LogP contribution in [0.2, 0.25) is 15.1 Å². The summed E-state index contributed by atoms with van der Waals surface area (Å²) in [4.78, 5) is 2.19. The minimum atomic E-state index is -3.58. The number of rotatable bonds is 7. The van der Waals surface area contributed by atoms with Crippen molar-refractivity contribution in [3.05, 3.63) is 104 Å². The molecule has 1 fully saturated rings. The van der Waals surface area contributed by atoms with Crippen LogP contribution >= 0.6 is 34.8 Å². The van der Waals surface area contributed by atoms with Crippen molar-refractivity contribution < 1.29 is 17.2 Å². The third-order valence-electron chi connectivity index (χ3n) is 6.11. The fourth-order valence-electron chi connectivity index (χ4n) is 4.55. The van der Waals surface area contributed by atoms with E-state index in [0.717, 1.165) is 35.6 Å². The molecule has 34 heavy (non-hydrogen) atoms. The Morgan fingerprint density at radius 2 is 1.47 bits per heavy atom. The topological polar surface area (TPSA) is 37.4 Å². The lowest BCUT2D eigenvalue weighted by Crippen LogP contribution is -2.49. The van der Waals surface area contributed by atoms with Crippen molar-refractivity contribution in [2.24, 2.45) is 5.92 Å². The summed E-state index contributed by atoms with van der Waals surface area (Å²) in [6.45, 7) is 1.19. The summed E-state index contributed by atoms with van der Waals surface area (Å²) in [5.41, 5.74) is 1.99. The number of halogens is 5. The van der Waals surface area contributed by atoms with Gasteiger partial charge < -0.3 is 0 Å². The molecule has 3 aromatic rings. The molecule has 1 heterocycles. The number of nitrogens with zero attached hydrogens (tertiary/aromatic N) is 1. The summed E-state index contributed by atoms with van der Waals surface area (Å²) < 4.78 is 52.5. The van der Waals surface area contributed by atoms with Gasteiger partial charge in [-0.1, -0.05) is 53.0 Å². The Labute approximate surface area is 213 Å². The first kappa shape index (κ1) is 25.4. The van der Waals surface area contributed by atoms with Crippen molar-refractivity contribution in [1.29, 1.82) is 0 Å². The van der Waals surface area contributed by atoms with Crippen LogP contribution in [0.1, 0.15) is 34.4 Å². The summed E-state index contributed by atoms with van der Waals surface area (Å²) in [7, 11) is -3.58. The van der Waals surface area contributed by atoms with Crippen molar-refractivity contribution in [2.75, 3.05) is 19.3 Å². The second-order valence-electron chi connectivity index (χ2n) is 8.70. The van der Waals surface area contributed by atoms with E-state index in [9.17, 15) is 17.2 Å². The highest BCUT2D eigenvalue weighted by Gasteiger charge is 2.38. The molecule has 1 saturated heterocycles. The molecule has 3 aromatic carbocycles. The van der Waals surface area contributed by atoms with Crippen LogP contribution < -0.4 is 0 Å². The predicted molar refractivity (Wildman–Crippen MR) is 133 cm³/mol. The van der Waals surface area contributed by atoms with Gasteiger partial charge in [-0.15, -0.1) is 0 Å². The highest BCUT2D eigenvalue weighted by atomic mass is 35.5. The molecule has 0 bridgehead atoms. The SMILES string of the molecule is CS(=O)(=O)[C@H](CC1CN(C(c2ccc(Cl)cc2)c2ccc(Cl)cc2Cl)C1)c1cc(F)cc(F)c1. The molecule has 1 aliphatic rings. The minimum Gasteiger partial charge on any atom is -0.292 e. The molecular formula is C25H22Cl3F2NO2S. The highest BCUT2D eigenvalue weighted by Crippen LogP contribution is 2.41. The van der Waals surface area contributed by atoms with E-state index in [-0.39, 0.29) is 23.9 Å². The minimum absolute atomic E-state index is 0.0203. The van der Waals surface area contributed by atoms with Crippen LogP contribution in [-0.2, 0) is 9.84 Å². The Morgan fingerprint density at radius 1 is 0.882 bits per heavy atom. The van der Waals surface area contributed by atoms with E-state index in [1.54, 1.807) is 12.1 Å². The second kappa shape index (κ2) is 10.1. The molecule has 2 atom stereocenters. The Kier molecular flexibility index (Phi) is 7.56. The monoisotopic (exact) mass is 543 g/mol. The first-order valence-electron chi connectivity index (χ1n) is 10.6. The van der Waals surface area contributed by atoms with Gasteiger partial charge in [0, 0.05) is 40.5 Å². The zero-order valence-corrected chi connectivity index (χ0v) is 21.3. The highest BCUT2D eigenvalue weighted by molar-refractivity contribution is 7.90. The number of hydrogen-bond acceptors (Lipinski definition) is 3. The first-order valence-corrected chi connectivity index (χ1v) is 13.7. The Hall–Kier alpha value is -1.70. The molecular weight excluding hydrogens is 523 g/mol. The van der Waals surface area contributed by atoms with Gasteiger partial charge in [0.2, 0.25) is 0 Å². The normalized spacial score (nSPS) is 16.8. The molecule has 0 spiro atoms. The van der Waals surface area contributed by atoms with Gasteiger partial charge >= 0.3 is 0 Å². The smallest absolute Gasteiger partial charge is 0.154 e. The van der Waals surface area contributed by atoms with Crippen LogP contribution in [0, 0.1) is 17.6 Å². The maximum atomic E-state index is 13.8. The summed E-state index contributed by atoms with van der Waals surface area (Å²) in [6.07, 6.45) is 1.36. The number of benzene rings is 3. The molecule has 3 nitrogen and oxygen atoms in total. The average Bonchev–Trinajstić information content (AvgIpc) is 2.69. The van der Waals surface area contributed by atoms with E-state index < -0.39 is 26.7 Å². The van der Waals surface area contributed by atoms with Gasteiger partial charge in [0.25, 0.3) is 0 Å². The lowest BCUT2D eigenvalue weighted by molar-refractivity contribution is 0.0628. The third kappa shape index (κ3) is 5.74. The van der Waals surface area contributed by atoms with Gasteiger partial charge in [-0.05, 0) is 65.4 Å². The van der Waals surface area contributed by atoms with Crippen LogP contribution in [0.15, 0.2) is 60.7 Å². The molecule has 4 rings (SSSR count). The summed E-state index contributed by atoms with van der Waals surface area (Å²) in [6, 6.07) is 15.6. The maximum absolute atomic E-state index is 13.8. The van der Waals surface area contributed by atoms with E-state index >= 15 is 0 Å². The molecule has 0 N–H and O–H groups in total. The lowest BCUT2D eigenvalue weighted by atomic mass is 9.87. The zero-order valence-electron chi connectivity index (χ0n) is 18.2. The van der Waals surface area contributed by atoms with Crippen molar-refractivity contribution in [2.45, 2.75) is 17.7 Å². The molecule has 1 unspecified atom stereocenters. The molecule has 1 aliphatic heterocycles. The maximum Gasteiger partial charge on any atom is 0.154 e. The fourth-order valence-corrected chi connectivity index (χ4v) is 6.44. The van der Waals surface area contributed by atoms with E-state index in [1.165, 1.54) is 0 Å². The van der Waals surface area contributed by atoms with Crippen molar-refractivity contribution in [3.63, 3.8) is 0 Å². The number of sulfone groups is 1. The van der Waals surface area contributed by atoms with Crippen LogP contribution in [0.3, 0.4) is 0 Å². The van der Waals surface area contributed by atoms with Gasteiger partial charge in [0.1, 0.15) is 11.6 Å². The Bertz CT molecular complexity index is 1280. The van der Waals surface area contributed by atoms with E-state index in [4.69, 9.17) is 34.8 Å². The van der Waals surface area contributed by atoms with E-state index in [0.29, 0.717) is 28.2 Å². The van der Waals surface area contributed by atoms with Gasteiger partial charge in [-0.3, -0.25) is 4.90 Å². The van der Waals surface area contributed by atoms with E-state index in [1.807, 2.05) is 30.3 Å². The summed E-state index contributed by atoms with van der Waals surface area (Å²) >= 11 is 18.7. The molecule has 0 aliphatic carbocycles. The lowest BCUT2D eigenvalue weighted by Gasteiger charge is -2.46. The average molecular weight is 545 g/mol. The summed E-state index contributed by atoms with van der Waals surface area (Å²) in [5, 5.41) is 0.686. The Morgan fingerprint density at radius 3 is 2.03 bits per heavy atom. The molecule has 9 heteroatoms. The van der Waals surface area contributed by atoms with Gasteiger partial charge in [-0.2, -0.15) is 0 Å². The van der Waals surface area contributed by atoms with Crippen molar-refractivity contribution >= 4 is 44.6 Å². The first-order chi connectivity index (χ1) is 16.0.